The molecule has 0 saturated carbocycles. The lowest BCUT2D eigenvalue weighted by Gasteiger charge is -2.15. The molecule has 0 radical (unpaired) electrons. The van der Waals surface area contributed by atoms with Crippen molar-refractivity contribution in [1.29, 1.82) is 0 Å². The topological polar surface area (TPSA) is 29.5 Å². The van der Waals surface area contributed by atoms with Crippen LogP contribution >= 0.6 is 11.3 Å². The van der Waals surface area contributed by atoms with Crippen LogP contribution in [0.1, 0.15) is 30.6 Å². The zero-order chi connectivity index (χ0) is 12.8. The smallest absolute Gasteiger partial charge is 0.125 e. The maximum absolute atomic E-state index is 10.3. The number of aliphatic hydroxyl groups excluding tert-OH is 1. The molecule has 2 rings (SSSR count). The van der Waals surface area contributed by atoms with E-state index in [9.17, 15) is 5.11 Å². The zero-order valence-electron chi connectivity index (χ0n) is 10.5. The Morgan fingerprint density at radius 3 is 2.83 bits per heavy atom. The third kappa shape index (κ3) is 3.34. The molecule has 1 N–H and O–H groups in total. The number of benzene rings is 1. The van der Waals surface area contributed by atoms with Gasteiger partial charge in [0.2, 0.25) is 0 Å². The van der Waals surface area contributed by atoms with E-state index in [-0.39, 0.29) is 0 Å². The highest BCUT2D eigenvalue weighted by atomic mass is 32.1. The molecule has 0 aliphatic heterocycles. The number of thiophene rings is 1. The summed E-state index contributed by atoms with van der Waals surface area (Å²) in [7, 11) is 0. The molecule has 0 amide bonds. The molecular weight excluding hydrogens is 244 g/mol. The Kier molecular flexibility index (Phi) is 4.79. The lowest BCUT2D eigenvalue weighted by atomic mass is 10.0. The summed E-state index contributed by atoms with van der Waals surface area (Å²) in [6.45, 7) is 2.76. The number of rotatable bonds is 6. The van der Waals surface area contributed by atoms with Gasteiger partial charge in [0.1, 0.15) is 5.75 Å². The second-order valence-electron chi connectivity index (χ2n) is 4.24. The minimum Gasteiger partial charge on any atom is -0.493 e. The van der Waals surface area contributed by atoms with Crippen LogP contribution in [0.3, 0.4) is 0 Å². The van der Waals surface area contributed by atoms with Crippen molar-refractivity contribution in [1.82, 2.24) is 0 Å². The minimum absolute atomic E-state index is 0.507. The molecule has 1 aromatic carbocycles. The Hall–Kier alpha value is -1.32. The number of ether oxygens (including phenoxy) is 1. The Morgan fingerprint density at radius 2 is 2.11 bits per heavy atom. The fraction of sp³-hybridized carbons (Fsp3) is 0.333. The highest BCUT2D eigenvalue weighted by Gasteiger charge is 2.13. The standard InChI is InChI=1S/C15H18O2S/c1-2-8-17-15-6-4-3-5-13(15)14(16)10-12-7-9-18-11-12/h3-7,9,11,14,16H,2,8,10H2,1H3. The SMILES string of the molecule is CCCOc1ccccc1C(O)Cc1ccsc1. The van der Waals surface area contributed by atoms with Gasteiger partial charge >= 0.3 is 0 Å². The summed E-state index contributed by atoms with van der Waals surface area (Å²) in [5.41, 5.74) is 2.04. The van der Waals surface area contributed by atoms with Gasteiger partial charge in [-0.25, -0.2) is 0 Å². The zero-order valence-corrected chi connectivity index (χ0v) is 11.3. The molecule has 1 aromatic heterocycles. The van der Waals surface area contributed by atoms with E-state index in [2.05, 4.69) is 12.3 Å². The molecule has 2 nitrogen and oxygen atoms in total. The van der Waals surface area contributed by atoms with Crippen molar-refractivity contribution in [2.24, 2.45) is 0 Å². The molecule has 1 heterocycles. The first-order valence-electron chi connectivity index (χ1n) is 6.22. The van der Waals surface area contributed by atoms with E-state index in [0.717, 1.165) is 23.3 Å². The molecule has 0 aliphatic rings. The van der Waals surface area contributed by atoms with Crippen molar-refractivity contribution in [2.75, 3.05) is 6.61 Å². The van der Waals surface area contributed by atoms with Crippen molar-refractivity contribution in [2.45, 2.75) is 25.9 Å². The van der Waals surface area contributed by atoms with Crippen LogP contribution in [0.25, 0.3) is 0 Å². The summed E-state index contributed by atoms with van der Waals surface area (Å²) >= 11 is 1.65. The van der Waals surface area contributed by atoms with Crippen molar-refractivity contribution in [3.05, 3.63) is 52.2 Å². The normalized spacial score (nSPS) is 12.3. The predicted molar refractivity (Wildman–Crippen MR) is 75.2 cm³/mol. The third-order valence-corrected chi connectivity index (χ3v) is 3.48. The second-order valence-corrected chi connectivity index (χ2v) is 5.02. The number of aliphatic hydroxyl groups is 1. The van der Waals surface area contributed by atoms with Crippen molar-refractivity contribution in [3.8, 4) is 5.75 Å². The van der Waals surface area contributed by atoms with E-state index in [1.165, 1.54) is 0 Å². The van der Waals surface area contributed by atoms with Crippen LogP contribution in [0.2, 0.25) is 0 Å². The Morgan fingerprint density at radius 1 is 1.28 bits per heavy atom. The summed E-state index contributed by atoms with van der Waals surface area (Å²) < 4.78 is 5.67. The first-order valence-corrected chi connectivity index (χ1v) is 7.16. The maximum atomic E-state index is 10.3. The first kappa shape index (κ1) is 13.1. The molecule has 96 valence electrons. The summed E-state index contributed by atoms with van der Waals surface area (Å²) in [4.78, 5) is 0. The van der Waals surface area contributed by atoms with Crippen molar-refractivity contribution in [3.63, 3.8) is 0 Å². The van der Waals surface area contributed by atoms with Gasteiger partial charge in [-0.05, 0) is 34.9 Å². The van der Waals surface area contributed by atoms with Gasteiger partial charge in [-0.3, -0.25) is 0 Å². The molecule has 0 fully saturated rings. The van der Waals surface area contributed by atoms with Gasteiger partial charge in [0, 0.05) is 12.0 Å². The summed E-state index contributed by atoms with van der Waals surface area (Å²) in [5, 5.41) is 14.4. The fourth-order valence-corrected chi connectivity index (χ4v) is 2.52. The molecule has 1 unspecified atom stereocenters. The molecular formula is C15H18O2S. The third-order valence-electron chi connectivity index (χ3n) is 2.75. The van der Waals surface area contributed by atoms with Crippen LogP contribution in [-0.2, 0) is 6.42 Å². The van der Waals surface area contributed by atoms with Gasteiger partial charge < -0.3 is 9.84 Å². The monoisotopic (exact) mass is 262 g/mol. The average molecular weight is 262 g/mol. The van der Waals surface area contributed by atoms with Gasteiger partial charge in [-0.1, -0.05) is 25.1 Å². The largest absolute Gasteiger partial charge is 0.493 e. The lowest BCUT2D eigenvalue weighted by Crippen LogP contribution is -2.05. The lowest BCUT2D eigenvalue weighted by molar-refractivity contribution is 0.171. The van der Waals surface area contributed by atoms with Gasteiger partial charge in [-0.2, -0.15) is 11.3 Å². The Balaban J connectivity index is 2.11. The van der Waals surface area contributed by atoms with Crippen LogP contribution in [0, 0.1) is 0 Å². The quantitative estimate of drug-likeness (QED) is 0.857. The highest BCUT2D eigenvalue weighted by molar-refractivity contribution is 7.07. The van der Waals surface area contributed by atoms with Gasteiger partial charge in [0.25, 0.3) is 0 Å². The molecule has 2 aromatic rings. The molecule has 0 bridgehead atoms. The van der Waals surface area contributed by atoms with E-state index in [0.29, 0.717) is 13.0 Å². The van der Waals surface area contributed by atoms with Crippen LogP contribution in [0.4, 0.5) is 0 Å². The van der Waals surface area contributed by atoms with E-state index >= 15 is 0 Å². The van der Waals surface area contributed by atoms with Crippen LogP contribution < -0.4 is 4.74 Å². The molecule has 0 saturated heterocycles. The average Bonchev–Trinajstić information content (AvgIpc) is 2.89. The summed E-state index contributed by atoms with van der Waals surface area (Å²) in [6, 6.07) is 9.77. The van der Waals surface area contributed by atoms with E-state index in [1.54, 1.807) is 11.3 Å². The highest BCUT2D eigenvalue weighted by Crippen LogP contribution is 2.28. The first-order chi connectivity index (χ1) is 8.81. The van der Waals surface area contributed by atoms with Crippen LogP contribution in [-0.4, -0.2) is 11.7 Å². The molecule has 0 spiro atoms. The Labute approximate surface area is 112 Å². The molecule has 0 aliphatic carbocycles. The summed E-state index contributed by atoms with van der Waals surface area (Å²) in [5.74, 6) is 0.794. The molecule has 3 heteroatoms. The van der Waals surface area contributed by atoms with Crippen LogP contribution in [0.15, 0.2) is 41.1 Å². The van der Waals surface area contributed by atoms with Gasteiger partial charge in [-0.15, -0.1) is 0 Å². The second kappa shape index (κ2) is 6.57. The van der Waals surface area contributed by atoms with Crippen molar-refractivity contribution < 1.29 is 9.84 Å². The van der Waals surface area contributed by atoms with Crippen molar-refractivity contribution >= 4 is 11.3 Å². The number of hydrogen-bond acceptors (Lipinski definition) is 3. The number of hydrogen-bond donors (Lipinski definition) is 1. The summed E-state index contributed by atoms with van der Waals surface area (Å²) in [6.07, 6.45) is 1.10. The molecule has 1 atom stereocenters. The van der Waals surface area contributed by atoms with Crippen LogP contribution in [0.5, 0.6) is 5.75 Å². The predicted octanol–water partition coefficient (Wildman–Crippen LogP) is 3.81. The van der Waals surface area contributed by atoms with Gasteiger partial charge in [0.15, 0.2) is 0 Å². The van der Waals surface area contributed by atoms with Gasteiger partial charge in [0.05, 0.1) is 12.7 Å². The minimum atomic E-state index is -0.507. The molecule has 18 heavy (non-hydrogen) atoms. The maximum Gasteiger partial charge on any atom is 0.125 e. The fourth-order valence-electron chi connectivity index (χ4n) is 1.84. The number of para-hydroxylation sites is 1. The van der Waals surface area contributed by atoms with E-state index in [1.807, 2.05) is 35.7 Å². The Bertz CT molecular complexity index is 465. The van der Waals surface area contributed by atoms with E-state index < -0.39 is 6.10 Å². The van der Waals surface area contributed by atoms with E-state index in [4.69, 9.17) is 4.74 Å².